The van der Waals surface area contributed by atoms with Crippen molar-refractivity contribution in [3.8, 4) is 5.75 Å². The molecule has 1 aliphatic carbocycles. The lowest BCUT2D eigenvalue weighted by molar-refractivity contribution is -0.138. The Morgan fingerprint density at radius 2 is 1.73 bits per heavy atom. The number of hydrogen-bond donors (Lipinski definition) is 0. The fraction of sp³-hybridized carbons (Fsp3) is 0.632. The summed E-state index contributed by atoms with van der Waals surface area (Å²) in [7, 11) is 1.90. The zero-order valence-corrected chi connectivity index (χ0v) is 14.6. The van der Waals surface area contributed by atoms with Crippen LogP contribution < -0.4 is 4.74 Å². The van der Waals surface area contributed by atoms with E-state index in [4.69, 9.17) is 4.74 Å². The molecule has 0 heterocycles. The molecule has 22 heavy (non-hydrogen) atoms. The van der Waals surface area contributed by atoms with Gasteiger partial charge in [-0.3, -0.25) is 4.79 Å². The summed E-state index contributed by atoms with van der Waals surface area (Å²) in [6.07, 6.45) is 4.26. The highest BCUT2D eigenvalue weighted by atomic mass is 16.5. The van der Waals surface area contributed by atoms with Gasteiger partial charge in [-0.15, -0.1) is 0 Å². The van der Waals surface area contributed by atoms with E-state index in [1.165, 1.54) is 18.4 Å². The van der Waals surface area contributed by atoms with Crippen molar-refractivity contribution in [1.29, 1.82) is 0 Å². The first-order valence-corrected chi connectivity index (χ1v) is 8.33. The first kappa shape index (κ1) is 16.9. The van der Waals surface area contributed by atoms with Gasteiger partial charge in [0.1, 0.15) is 5.75 Å². The summed E-state index contributed by atoms with van der Waals surface area (Å²) in [5.74, 6) is 0.834. The lowest BCUT2D eigenvalue weighted by atomic mass is 9.87. The topological polar surface area (TPSA) is 29.5 Å². The van der Waals surface area contributed by atoms with Gasteiger partial charge in [0.05, 0.1) is 0 Å². The van der Waals surface area contributed by atoms with Crippen LogP contribution in [-0.4, -0.2) is 30.0 Å². The van der Waals surface area contributed by atoms with Gasteiger partial charge in [-0.2, -0.15) is 0 Å². The molecule has 0 spiro atoms. The number of ether oxygens (including phenoxy) is 1. The van der Waals surface area contributed by atoms with Crippen LogP contribution in [0.15, 0.2) is 24.3 Å². The molecule has 1 atom stereocenters. The zero-order chi connectivity index (χ0) is 16.3. The fourth-order valence-electron chi connectivity index (χ4n) is 3.05. The summed E-state index contributed by atoms with van der Waals surface area (Å²) < 4.78 is 5.83. The molecule has 0 saturated heterocycles. The second kappa shape index (κ2) is 6.72. The highest BCUT2D eigenvalue weighted by Gasteiger charge is 2.27. The molecule has 1 fully saturated rings. The Labute approximate surface area is 134 Å². The Hall–Kier alpha value is -1.51. The maximum absolute atomic E-state index is 12.5. The number of nitrogens with zero attached hydrogens (tertiary/aromatic N) is 1. The average Bonchev–Trinajstić information content (AvgIpc) is 2.99. The largest absolute Gasteiger partial charge is 0.481 e. The normalized spacial score (nSPS) is 17.3. The number of carbonyl (C=O) groups is 1. The molecule has 1 aliphatic rings. The molecular formula is C19H29NO2. The molecule has 122 valence electrons. The molecule has 0 N–H and O–H groups in total. The monoisotopic (exact) mass is 303 g/mol. The van der Waals surface area contributed by atoms with Crippen molar-refractivity contribution in [2.45, 2.75) is 70.9 Å². The molecule has 1 aromatic carbocycles. The molecule has 1 saturated carbocycles. The van der Waals surface area contributed by atoms with E-state index in [2.05, 4.69) is 32.9 Å². The van der Waals surface area contributed by atoms with Crippen molar-refractivity contribution in [3.05, 3.63) is 29.8 Å². The fourth-order valence-corrected chi connectivity index (χ4v) is 3.05. The molecule has 3 nitrogen and oxygen atoms in total. The van der Waals surface area contributed by atoms with E-state index in [0.717, 1.165) is 18.6 Å². The molecule has 0 aliphatic heterocycles. The lowest BCUT2D eigenvalue weighted by Crippen LogP contribution is -2.42. The van der Waals surface area contributed by atoms with Crippen LogP contribution in [0.3, 0.4) is 0 Å². The minimum absolute atomic E-state index is 0.0757. The van der Waals surface area contributed by atoms with Crippen LogP contribution in [0.5, 0.6) is 5.75 Å². The van der Waals surface area contributed by atoms with Crippen molar-refractivity contribution in [2.75, 3.05) is 7.05 Å². The van der Waals surface area contributed by atoms with Gasteiger partial charge in [0.25, 0.3) is 5.91 Å². The third-order valence-corrected chi connectivity index (χ3v) is 4.60. The van der Waals surface area contributed by atoms with Crippen molar-refractivity contribution >= 4 is 5.91 Å². The lowest BCUT2D eigenvalue weighted by Gasteiger charge is -2.27. The Balaban J connectivity index is 1.96. The van der Waals surface area contributed by atoms with Gasteiger partial charge in [-0.05, 0) is 42.9 Å². The number of carbonyl (C=O) groups excluding carboxylic acids is 1. The second-order valence-electron chi connectivity index (χ2n) is 7.42. The molecule has 0 aromatic heterocycles. The van der Waals surface area contributed by atoms with Gasteiger partial charge >= 0.3 is 0 Å². The zero-order valence-electron chi connectivity index (χ0n) is 14.6. The van der Waals surface area contributed by atoms with E-state index in [1.807, 2.05) is 31.0 Å². The van der Waals surface area contributed by atoms with Gasteiger partial charge in [-0.1, -0.05) is 45.7 Å². The van der Waals surface area contributed by atoms with Gasteiger partial charge in [-0.25, -0.2) is 0 Å². The van der Waals surface area contributed by atoms with Crippen LogP contribution in [0, 0.1) is 0 Å². The number of amides is 1. The smallest absolute Gasteiger partial charge is 0.263 e. The third kappa shape index (κ3) is 4.02. The van der Waals surface area contributed by atoms with E-state index in [1.54, 1.807) is 0 Å². The van der Waals surface area contributed by atoms with E-state index < -0.39 is 6.10 Å². The second-order valence-corrected chi connectivity index (χ2v) is 7.42. The Bertz CT molecular complexity index is 495. The molecule has 1 amide bonds. The van der Waals surface area contributed by atoms with Crippen LogP contribution in [0.4, 0.5) is 0 Å². The highest BCUT2D eigenvalue weighted by molar-refractivity contribution is 5.81. The van der Waals surface area contributed by atoms with E-state index >= 15 is 0 Å². The quantitative estimate of drug-likeness (QED) is 0.836. The van der Waals surface area contributed by atoms with Gasteiger partial charge in [0.15, 0.2) is 6.10 Å². The number of hydrogen-bond acceptors (Lipinski definition) is 2. The molecular weight excluding hydrogens is 274 g/mol. The van der Waals surface area contributed by atoms with Gasteiger partial charge < -0.3 is 9.64 Å². The standard InChI is InChI=1S/C19H29NO2/c1-14(18(21)20(5)16-8-6-7-9-16)22-17-12-10-15(11-13-17)19(2,3)4/h10-14,16H,6-9H2,1-5H3/t14-/m0/s1. The van der Waals surface area contributed by atoms with Crippen LogP contribution in [-0.2, 0) is 10.2 Å². The minimum Gasteiger partial charge on any atom is -0.481 e. The maximum Gasteiger partial charge on any atom is 0.263 e. The SMILES string of the molecule is C[C@H](Oc1ccc(C(C)(C)C)cc1)C(=O)N(C)C1CCCC1. The van der Waals surface area contributed by atoms with Gasteiger partial charge in [0.2, 0.25) is 0 Å². The van der Waals surface area contributed by atoms with Crippen molar-refractivity contribution in [1.82, 2.24) is 4.90 Å². The van der Waals surface area contributed by atoms with Crippen molar-refractivity contribution < 1.29 is 9.53 Å². The van der Waals surface area contributed by atoms with E-state index in [0.29, 0.717) is 6.04 Å². The molecule has 0 unspecified atom stereocenters. The molecule has 0 radical (unpaired) electrons. The summed E-state index contributed by atoms with van der Waals surface area (Å²) in [5.41, 5.74) is 1.39. The molecule has 1 aromatic rings. The van der Waals surface area contributed by atoms with Crippen LogP contribution in [0.2, 0.25) is 0 Å². The van der Waals surface area contributed by atoms with Crippen LogP contribution in [0.25, 0.3) is 0 Å². The van der Waals surface area contributed by atoms with E-state index in [-0.39, 0.29) is 11.3 Å². The molecule has 2 rings (SSSR count). The number of rotatable bonds is 4. The Morgan fingerprint density at radius 3 is 2.23 bits per heavy atom. The van der Waals surface area contributed by atoms with Crippen LogP contribution >= 0.6 is 0 Å². The minimum atomic E-state index is -0.439. The number of benzene rings is 1. The predicted molar refractivity (Wildman–Crippen MR) is 90.3 cm³/mol. The van der Waals surface area contributed by atoms with Crippen molar-refractivity contribution in [2.24, 2.45) is 0 Å². The van der Waals surface area contributed by atoms with Gasteiger partial charge in [0, 0.05) is 13.1 Å². The third-order valence-electron chi connectivity index (χ3n) is 4.60. The summed E-state index contributed by atoms with van der Waals surface area (Å²) >= 11 is 0. The predicted octanol–water partition coefficient (Wildman–Crippen LogP) is 4.15. The Kier molecular flexibility index (Phi) is 5.15. The average molecular weight is 303 g/mol. The van der Waals surface area contributed by atoms with Crippen LogP contribution in [0.1, 0.15) is 58.9 Å². The maximum atomic E-state index is 12.5. The first-order chi connectivity index (χ1) is 10.3. The Morgan fingerprint density at radius 1 is 1.18 bits per heavy atom. The summed E-state index contributed by atoms with van der Waals surface area (Å²) in [6, 6.07) is 8.46. The highest BCUT2D eigenvalue weighted by Crippen LogP contribution is 2.26. The summed E-state index contributed by atoms with van der Waals surface area (Å²) in [6.45, 7) is 8.40. The summed E-state index contributed by atoms with van der Waals surface area (Å²) in [4.78, 5) is 14.3. The number of likely N-dealkylation sites (N-methyl/N-ethyl adjacent to an activating group) is 1. The first-order valence-electron chi connectivity index (χ1n) is 8.33. The van der Waals surface area contributed by atoms with E-state index in [9.17, 15) is 4.79 Å². The molecule has 3 heteroatoms. The summed E-state index contributed by atoms with van der Waals surface area (Å²) in [5, 5.41) is 0. The van der Waals surface area contributed by atoms with Crippen molar-refractivity contribution in [3.63, 3.8) is 0 Å². The molecule has 0 bridgehead atoms.